The number of rotatable bonds is 2. The number of hydrogen-bond donors (Lipinski definition) is 1. The molecule has 18 heavy (non-hydrogen) atoms. The lowest BCUT2D eigenvalue weighted by molar-refractivity contribution is 1.28. The maximum Gasteiger partial charge on any atom is 0.0864 e. The second-order valence-corrected chi connectivity index (χ2v) is 4.38. The van der Waals surface area contributed by atoms with E-state index in [0.717, 1.165) is 11.4 Å². The summed E-state index contributed by atoms with van der Waals surface area (Å²) in [4.78, 5) is 7.61. The smallest absolute Gasteiger partial charge is 0.0864 e. The van der Waals surface area contributed by atoms with Gasteiger partial charge in [0, 0.05) is 12.4 Å². The zero-order valence-corrected chi connectivity index (χ0v) is 10.2. The minimum Gasteiger partial charge on any atom is -0.359 e. The van der Waals surface area contributed by atoms with Gasteiger partial charge in [-0.25, -0.2) is 0 Å². The summed E-state index contributed by atoms with van der Waals surface area (Å²) in [6, 6.07) is 16.6. The first-order chi connectivity index (χ1) is 8.83. The van der Waals surface area contributed by atoms with Crippen LogP contribution >= 0.6 is 0 Å². The molecule has 3 aromatic rings. The van der Waals surface area contributed by atoms with Crippen molar-refractivity contribution in [1.82, 2.24) is 9.97 Å². The quantitative estimate of drug-likeness (QED) is 0.712. The molecule has 88 valence electrons. The summed E-state index contributed by atoms with van der Waals surface area (Å²) >= 11 is 0. The van der Waals surface area contributed by atoms with Crippen LogP contribution in [0.4, 0.5) is 0 Å². The van der Waals surface area contributed by atoms with Crippen LogP contribution in [0.2, 0.25) is 0 Å². The summed E-state index contributed by atoms with van der Waals surface area (Å²) < 4.78 is 0. The highest BCUT2D eigenvalue weighted by Gasteiger charge is 2.04. The lowest BCUT2D eigenvalue weighted by Crippen LogP contribution is -1.79. The van der Waals surface area contributed by atoms with E-state index >= 15 is 0 Å². The van der Waals surface area contributed by atoms with Crippen molar-refractivity contribution in [2.45, 2.75) is 6.92 Å². The zero-order chi connectivity index (χ0) is 12.4. The van der Waals surface area contributed by atoms with Crippen molar-refractivity contribution < 1.29 is 0 Å². The second-order valence-electron chi connectivity index (χ2n) is 4.38. The molecule has 0 amide bonds. The fraction of sp³-hybridized carbons (Fsp3) is 0.0625. The van der Waals surface area contributed by atoms with Crippen LogP contribution in [0.1, 0.15) is 5.56 Å². The number of nitrogens with one attached hydrogen (secondary N) is 1. The first kappa shape index (κ1) is 10.8. The Balaban J connectivity index is 1.97. The molecule has 0 saturated carbocycles. The third kappa shape index (κ3) is 2.05. The molecule has 2 aromatic heterocycles. The number of aromatic amines is 1. The van der Waals surface area contributed by atoms with Gasteiger partial charge in [-0.2, -0.15) is 0 Å². The number of aryl methyl sites for hydroxylation is 1. The molecule has 0 aliphatic rings. The van der Waals surface area contributed by atoms with Crippen molar-refractivity contribution in [1.29, 1.82) is 0 Å². The Morgan fingerprint density at radius 2 is 1.78 bits per heavy atom. The van der Waals surface area contributed by atoms with Gasteiger partial charge in [0.2, 0.25) is 0 Å². The fourth-order valence-electron chi connectivity index (χ4n) is 1.98. The summed E-state index contributed by atoms with van der Waals surface area (Å²) in [6.07, 6.45) is 3.83. The van der Waals surface area contributed by atoms with Gasteiger partial charge in [-0.1, -0.05) is 35.9 Å². The molecule has 1 aromatic carbocycles. The van der Waals surface area contributed by atoms with Gasteiger partial charge in [0.05, 0.1) is 11.4 Å². The molecule has 0 radical (unpaired) electrons. The molecule has 3 rings (SSSR count). The molecule has 0 atom stereocenters. The van der Waals surface area contributed by atoms with E-state index in [-0.39, 0.29) is 0 Å². The molecule has 0 bridgehead atoms. The van der Waals surface area contributed by atoms with Crippen LogP contribution in [0.5, 0.6) is 0 Å². The predicted octanol–water partition coefficient (Wildman–Crippen LogP) is 4.05. The van der Waals surface area contributed by atoms with Gasteiger partial charge in [0.1, 0.15) is 0 Å². The normalized spacial score (nSPS) is 10.5. The minimum absolute atomic E-state index is 0.968. The van der Waals surface area contributed by atoms with E-state index in [2.05, 4.69) is 47.2 Å². The van der Waals surface area contributed by atoms with Crippen molar-refractivity contribution in [3.63, 3.8) is 0 Å². The molecule has 2 heteroatoms. The molecule has 1 N–H and O–H groups in total. The monoisotopic (exact) mass is 234 g/mol. The number of benzene rings is 1. The Hall–Kier alpha value is -2.35. The number of pyridine rings is 1. The van der Waals surface area contributed by atoms with E-state index in [1.807, 2.05) is 30.6 Å². The maximum absolute atomic E-state index is 4.34. The van der Waals surface area contributed by atoms with Crippen molar-refractivity contribution in [3.05, 3.63) is 66.5 Å². The maximum atomic E-state index is 4.34. The first-order valence-electron chi connectivity index (χ1n) is 6.00. The summed E-state index contributed by atoms with van der Waals surface area (Å²) in [6.45, 7) is 2.10. The summed E-state index contributed by atoms with van der Waals surface area (Å²) in [5.74, 6) is 0. The standard InChI is InChI=1S/C16H14N2/c1-12-5-7-13(8-6-12)14-10-16(18-11-14)15-4-2-3-9-17-15/h2-11,18H,1H3. The van der Waals surface area contributed by atoms with Crippen LogP contribution in [0.3, 0.4) is 0 Å². The van der Waals surface area contributed by atoms with Crippen molar-refractivity contribution in [2.75, 3.05) is 0 Å². The fourth-order valence-corrected chi connectivity index (χ4v) is 1.98. The van der Waals surface area contributed by atoms with Crippen molar-refractivity contribution in [3.8, 4) is 22.5 Å². The molecule has 0 unspecified atom stereocenters. The number of nitrogens with zero attached hydrogens (tertiary/aromatic N) is 1. The van der Waals surface area contributed by atoms with Gasteiger partial charge < -0.3 is 4.98 Å². The molecule has 2 heterocycles. The molecule has 0 saturated heterocycles. The van der Waals surface area contributed by atoms with Crippen LogP contribution < -0.4 is 0 Å². The number of H-pyrrole nitrogens is 1. The van der Waals surface area contributed by atoms with Crippen molar-refractivity contribution >= 4 is 0 Å². The topological polar surface area (TPSA) is 28.7 Å². The third-order valence-corrected chi connectivity index (χ3v) is 3.01. The SMILES string of the molecule is Cc1ccc(-c2c[nH]c(-c3ccccn3)c2)cc1. The number of hydrogen-bond acceptors (Lipinski definition) is 1. The van der Waals surface area contributed by atoms with Crippen LogP contribution in [-0.2, 0) is 0 Å². The molecular weight excluding hydrogens is 220 g/mol. The number of aromatic nitrogens is 2. The summed E-state index contributed by atoms with van der Waals surface area (Å²) in [5.41, 5.74) is 5.70. The zero-order valence-electron chi connectivity index (χ0n) is 10.2. The van der Waals surface area contributed by atoms with E-state index in [4.69, 9.17) is 0 Å². The average molecular weight is 234 g/mol. The van der Waals surface area contributed by atoms with E-state index < -0.39 is 0 Å². The van der Waals surface area contributed by atoms with E-state index in [9.17, 15) is 0 Å². The highest BCUT2D eigenvalue weighted by atomic mass is 14.8. The van der Waals surface area contributed by atoms with Crippen LogP contribution in [-0.4, -0.2) is 9.97 Å². The largest absolute Gasteiger partial charge is 0.359 e. The van der Waals surface area contributed by atoms with Crippen molar-refractivity contribution in [2.24, 2.45) is 0 Å². The lowest BCUT2D eigenvalue weighted by atomic mass is 10.1. The summed E-state index contributed by atoms with van der Waals surface area (Å²) in [7, 11) is 0. The predicted molar refractivity (Wildman–Crippen MR) is 74.2 cm³/mol. The summed E-state index contributed by atoms with van der Waals surface area (Å²) in [5, 5.41) is 0. The van der Waals surface area contributed by atoms with Gasteiger partial charge in [0.15, 0.2) is 0 Å². The van der Waals surface area contributed by atoms with Crippen LogP contribution in [0.25, 0.3) is 22.5 Å². The van der Waals surface area contributed by atoms with Gasteiger partial charge in [-0.3, -0.25) is 4.98 Å². The Labute approximate surface area is 106 Å². The minimum atomic E-state index is 0.968. The van der Waals surface area contributed by atoms with Gasteiger partial charge in [0.25, 0.3) is 0 Å². The molecule has 0 spiro atoms. The van der Waals surface area contributed by atoms with Gasteiger partial charge >= 0.3 is 0 Å². The van der Waals surface area contributed by atoms with Gasteiger partial charge in [-0.05, 0) is 36.2 Å². The van der Waals surface area contributed by atoms with Crippen LogP contribution in [0, 0.1) is 6.92 Å². The van der Waals surface area contributed by atoms with E-state index in [0.29, 0.717) is 0 Å². The Kier molecular flexibility index (Phi) is 2.69. The third-order valence-electron chi connectivity index (χ3n) is 3.01. The van der Waals surface area contributed by atoms with Gasteiger partial charge in [-0.15, -0.1) is 0 Å². The highest BCUT2D eigenvalue weighted by molar-refractivity contribution is 5.69. The Morgan fingerprint density at radius 3 is 2.50 bits per heavy atom. The molecular formula is C16H14N2. The first-order valence-corrected chi connectivity index (χ1v) is 6.00. The van der Waals surface area contributed by atoms with E-state index in [1.54, 1.807) is 0 Å². The Morgan fingerprint density at radius 1 is 0.944 bits per heavy atom. The van der Waals surface area contributed by atoms with Crippen LogP contribution in [0.15, 0.2) is 60.9 Å². The molecule has 2 nitrogen and oxygen atoms in total. The average Bonchev–Trinajstić information content (AvgIpc) is 2.90. The highest BCUT2D eigenvalue weighted by Crippen LogP contribution is 2.24. The molecule has 0 aliphatic carbocycles. The lowest BCUT2D eigenvalue weighted by Gasteiger charge is -1.98. The molecule has 0 fully saturated rings. The second kappa shape index (κ2) is 4.49. The molecule has 0 aliphatic heterocycles. The van der Waals surface area contributed by atoms with E-state index in [1.165, 1.54) is 16.7 Å². The Bertz CT molecular complexity index is 636.